The van der Waals surface area contributed by atoms with E-state index < -0.39 is 0 Å². The van der Waals surface area contributed by atoms with Crippen LogP contribution in [0, 0.1) is 0 Å². The molecule has 2 aromatic rings. The quantitative estimate of drug-likeness (QED) is 0.620. The summed E-state index contributed by atoms with van der Waals surface area (Å²) in [6.45, 7) is 6.98. The predicted octanol–water partition coefficient (Wildman–Crippen LogP) is 1.59. The molecular formula is C15H18N4O2. The molecule has 0 unspecified atom stereocenters. The van der Waals surface area contributed by atoms with Gasteiger partial charge in [-0.3, -0.25) is 4.79 Å². The van der Waals surface area contributed by atoms with Crippen LogP contribution < -0.4 is 5.32 Å². The molecule has 1 N–H and O–H groups in total. The van der Waals surface area contributed by atoms with E-state index in [4.69, 9.17) is 4.74 Å². The molecule has 0 bridgehead atoms. The monoisotopic (exact) mass is 286 g/mol. The highest BCUT2D eigenvalue weighted by Gasteiger charge is 2.10. The number of rotatable bonds is 7. The molecule has 0 aliphatic rings. The molecule has 1 aromatic carbocycles. The average molecular weight is 286 g/mol. The van der Waals surface area contributed by atoms with Gasteiger partial charge in [0.15, 0.2) is 5.69 Å². The maximum Gasteiger partial charge on any atom is 0.273 e. The van der Waals surface area contributed by atoms with Crippen LogP contribution >= 0.6 is 0 Å². The van der Waals surface area contributed by atoms with Gasteiger partial charge in [-0.25, -0.2) is 0 Å². The van der Waals surface area contributed by atoms with E-state index >= 15 is 0 Å². The fraction of sp³-hybridized carbons (Fsp3) is 0.267. The van der Waals surface area contributed by atoms with Crippen molar-refractivity contribution in [3.63, 3.8) is 0 Å². The molecule has 1 amide bonds. The number of nitrogens with zero attached hydrogens (tertiary/aromatic N) is 3. The Morgan fingerprint density at radius 3 is 2.86 bits per heavy atom. The summed E-state index contributed by atoms with van der Waals surface area (Å²) >= 11 is 0. The van der Waals surface area contributed by atoms with Gasteiger partial charge >= 0.3 is 0 Å². The fourth-order valence-electron chi connectivity index (χ4n) is 1.63. The van der Waals surface area contributed by atoms with Crippen molar-refractivity contribution in [2.75, 3.05) is 19.8 Å². The normalized spacial score (nSPS) is 10.3. The number of aromatic nitrogens is 3. The second-order valence-electron chi connectivity index (χ2n) is 4.62. The van der Waals surface area contributed by atoms with E-state index in [0.29, 0.717) is 19.8 Å². The predicted molar refractivity (Wildman–Crippen MR) is 79.3 cm³/mol. The highest BCUT2D eigenvalue weighted by Crippen LogP contribution is 2.04. The number of hydrogen-bond acceptors (Lipinski definition) is 4. The molecular weight excluding hydrogens is 268 g/mol. The number of carbonyl (C=O) groups excluding carboxylic acids is 1. The van der Waals surface area contributed by atoms with Crippen LogP contribution in [0.5, 0.6) is 0 Å². The van der Waals surface area contributed by atoms with Gasteiger partial charge in [-0.1, -0.05) is 30.4 Å². The summed E-state index contributed by atoms with van der Waals surface area (Å²) in [6, 6.07) is 9.42. The first kappa shape index (κ1) is 14.9. The van der Waals surface area contributed by atoms with Gasteiger partial charge in [0, 0.05) is 6.54 Å². The number of para-hydroxylation sites is 1. The van der Waals surface area contributed by atoms with Gasteiger partial charge < -0.3 is 10.1 Å². The van der Waals surface area contributed by atoms with E-state index in [1.165, 1.54) is 11.0 Å². The molecule has 6 heteroatoms. The average Bonchev–Trinajstić information content (AvgIpc) is 2.97. The molecule has 0 atom stereocenters. The van der Waals surface area contributed by atoms with Crippen molar-refractivity contribution in [3.8, 4) is 5.69 Å². The second-order valence-corrected chi connectivity index (χ2v) is 4.62. The zero-order valence-corrected chi connectivity index (χ0v) is 12.0. The largest absolute Gasteiger partial charge is 0.375 e. The molecule has 1 heterocycles. The molecule has 0 fully saturated rings. The Bertz CT molecular complexity index is 607. The Morgan fingerprint density at radius 2 is 2.14 bits per heavy atom. The number of amides is 1. The van der Waals surface area contributed by atoms with Crippen molar-refractivity contribution in [2.24, 2.45) is 0 Å². The van der Waals surface area contributed by atoms with Gasteiger partial charge in [-0.2, -0.15) is 9.90 Å². The minimum atomic E-state index is -0.267. The molecule has 6 nitrogen and oxygen atoms in total. The molecule has 0 aliphatic carbocycles. The number of nitrogens with one attached hydrogen (secondary N) is 1. The lowest BCUT2D eigenvalue weighted by molar-refractivity contribution is 0.0921. The molecule has 21 heavy (non-hydrogen) atoms. The van der Waals surface area contributed by atoms with Crippen LogP contribution in [0.1, 0.15) is 17.4 Å². The van der Waals surface area contributed by atoms with Crippen molar-refractivity contribution >= 4 is 5.91 Å². The van der Waals surface area contributed by atoms with Crippen molar-refractivity contribution in [3.05, 3.63) is 54.4 Å². The zero-order valence-electron chi connectivity index (χ0n) is 12.0. The van der Waals surface area contributed by atoms with Gasteiger partial charge in [0.05, 0.1) is 25.1 Å². The summed E-state index contributed by atoms with van der Waals surface area (Å²) in [5.41, 5.74) is 2.03. The van der Waals surface area contributed by atoms with Gasteiger partial charge in [-0.05, 0) is 19.1 Å². The molecule has 0 saturated heterocycles. The van der Waals surface area contributed by atoms with Crippen LogP contribution in [-0.4, -0.2) is 40.7 Å². The Kier molecular flexibility index (Phi) is 5.22. The lowest BCUT2D eigenvalue weighted by atomic mass is 10.3. The maximum absolute atomic E-state index is 11.9. The molecule has 0 saturated carbocycles. The standard InChI is InChI=1S/C15H18N4O2/c1-12(2)11-21-9-8-16-15(20)14-10-17-19(18-14)13-6-4-3-5-7-13/h3-7,10H,1,8-9,11H2,2H3,(H,16,20). The highest BCUT2D eigenvalue weighted by atomic mass is 16.5. The van der Waals surface area contributed by atoms with Crippen LogP contribution in [-0.2, 0) is 4.74 Å². The SMILES string of the molecule is C=C(C)COCCNC(=O)c1cnn(-c2ccccc2)n1. The van der Waals surface area contributed by atoms with E-state index in [2.05, 4.69) is 22.1 Å². The third-order valence-corrected chi connectivity index (χ3v) is 2.59. The molecule has 2 rings (SSSR count). The summed E-state index contributed by atoms with van der Waals surface area (Å²) in [5.74, 6) is -0.267. The molecule has 0 radical (unpaired) electrons. The molecule has 0 aliphatic heterocycles. The van der Waals surface area contributed by atoms with E-state index in [-0.39, 0.29) is 11.6 Å². The summed E-state index contributed by atoms with van der Waals surface area (Å²) in [6.07, 6.45) is 1.44. The van der Waals surface area contributed by atoms with E-state index in [1.54, 1.807) is 0 Å². The maximum atomic E-state index is 11.9. The lowest BCUT2D eigenvalue weighted by Crippen LogP contribution is -2.27. The molecule has 1 aromatic heterocycles. The summed E-state index contributed by atoms with van der Waals surface area (Å²) in [7, 11) is 0. The highest BCUT2D eigenvalue weighted by molar-refractivity contribution is 5.91. The third kappa shape index (κ3) is 4.54. The van der Waals surface area contributed by atoms with Crippen LogP contribution in [0.4, 0.5) is 0 Å². The van der Waals surface area contributed by atoms with Crippen molar-refractivity contribution < 1.29 is 9.53 Å². The second kappa shape index (κ2) is 7.35. The first-order chi connectivity index (χ1) is 10.2. The third-order valence-electron chi connectivity index (χ3n) is 2.59. The first-order valence-electron chi connectivity index (χ1n) is 6.65. The minimum absolute atomic E-state index is 0.267. The Labute approximate surface area is 123 Å². The van der Waals surface area contributed by atoms with E-state index in [0.717, 1.165) is 11.3 Å². The summed E-state index contributed by atoms with van der Waals surface area (Å²) in [5, 5.41) is 11.0. The number of ether oxygens (including phenoxy) is 1. The number of hydrogen-bond donors (Lipinski definition) is 1. The van der Waals surface area contributed by atoms with Crippen molar-refractivity contribution in [1.29, 1.82) is 0 Å². The minimum Gasteiger partial charge on any atom is -0.375 e. The summed E-state index contributed by atoms with van der Waals surface area (Å²) in [4.78, 5) is 13.3. The summed E-state index contributed by atoms with van der Waals surface area (Å²) < 4.78 is 5.30. The fourth-order valence-corrected chi connectivity index (χ4v) is 1.63. The lowest BCUT2D eigenvalue weighted by Gasteiger charge is -2.04. The van der Waals surface area contributed by atoms with E-state index in [9.17, 15) is 4.79 Å². The van der Waals surface area contributed by atoms with Crippen LogP contribution in [0.15, 0.2) is 48.7 Å². The molecule has 110 valence electrons. The Hall–Kier alpha value is -2.47. The Balaban J connectivity index is 1.84. The topological polar surface area (TPSA) is 69.0 Å². The zero-order chi connectivity index (χ0) is 15.1. The van der Waals surface area contributed by atoms with Crippen LogP contribution in [0.2, 0.25) is 0 Å². The van der Waals surface area contributed by atoms with Gasteiger partial charge in [-0.15, -0.1) is 5.10 Å². The smallest absolute Gasteiger partial charge is 0.273 e. The van der Waals surface area contributed by atoms with Crippen molar-refractivity contribution in [2.45, 2.75) is 6.92 Å². The van der Waals surface area contributed by atoms with Gasteiger partial charge in [0.25, 0.3) is 5.91 Å². The first-order valence-corrected chi connectivity index (χ1v) is 6.65. The van der Waals surface area contributed by atoms with Crippen molar-refractivity contribution in [1.82, 2.24) is 20.3 Å². The van der Waals surface area contributed by atoms with Crippen LogP contribution in [0.25, 0.3) is 5.69 Å². The number of carbonyl (C=O) groups is 1. The number of benzene rings is 1. The Morgan fingerprint density at radius 1 is 1.38 bits per heavy atom. The van der Waals surface area contributed by atoms with Gasteiger partial charge in [0.1, 0.15) is 0 Å². The van der Waals surface area contributed by atoms with E-state index in [1.807, 2.05) is 37.3 Å². The molecule has 0 spiro atoms. The van der Waals surface area contributed by atoms with Crippen LogP contribution in [0.3, 0.4) is 0 Å². The van der Waals surface area contributed by atoms with Gasteiger partial charge in [0.2, 0.25) is 0 Å².